The van der Waals surface area contributed by atoms with Crippen LogP contribution in [0.5, 0.6) is 5.75 Å². The lowest BCUT2D eigenvalue weighted by Crippen LogP contribution is -2.31. The summed E-state index contributed by atoms with van der Waals surface area (Å²) in [5.74, 6) is 0.624. The van der Waals surface area contributed by atoms with Crippen LogP contribution in [0.4, 0.5) is 0 Å². The van der Waals surface area contributed by atoms with Gasteiger partial charge < -0.3 is 4.84 Å². The maximum absolute atomic E-state index is 8.78. The normalized spacial score (nSPS) is 11.8. The van der Waals surface area contributed by atoms with Crippen molar-refractivity contribution in [3.8, 4) is 11.8 Å². The molecule has 1 rings (SSSR count). The van der Waals surface area contributed by atoms with Crippen LogP contribution in [-0.2, 0) is 0 Å². The van der Waals surface area contributed by atoms with Crippen LogP contribution in [-0.4, -0.2) is 56.3 Å². The Balaban J connectivity index is 3.11. The first kappa shape index (κ1) is 16.7. The van der Waals surface area contributed by atoms with Gasteiger partial charge in [-0.25, -0.2) is 14.0 Å². The molecule has 110 valence electrons. The van der Waals surface area contributed by atoms with E-state index in [0.29, 0.717) is 11.3 Å². The van der Waals surface area contributed by atoms with Gasteiger partial charge in [0.1, 0.15) is 0 Å². The summed E-state index contributed by atoms with van der Waals surface area (Å²) in [6.45, 7) is 0. The van der Waals surface area contributed by atoms with Crippen LogP contribution in [0.25, 0.3) is 0 Å². The molecule has 0 bridgehead atoms. The van der Waals surface area contributed by atoms with E-state index >= 15 is 0 Å². The van der Waals surface area contributed by atoms with Crippen molar-refractivity contribution in [2.24, 2.45) is 4.91 Å². The second-order valence-corrected chi connectivity index (χ2v) is 8.52. The highest BCUT2D eigenvalue weighted by atomic mass is 31.2. The van der Waals surface area contributed by atoms with Crippen LogP contribution in [0.15, 0.2) is 29.2 Å². The Morgan fingerprint density at radius 1 is 0.950 bits per heavy atom. The summed E-state index contributed by atoms with van der Waals surface area (Å²) in [7, 11) is 9.85. The van der Waals surface area contributed by atoms with Crippen LogP contribution >= 0.6 is 7.51 Å². The molecule has 0 amide bonds. The third-order valence-electron chi connectivity index (χ3n) is 2.85. The molecule has 20 heavy (non-hydrogen) atoms. The molecule has 1 aromatic rings. The Morgan fingerprint density at radius 3 is 1.75 bits per heavy atom. The molecule has 0 N–H and O–H groups in total. The first-order chi connectivity index (χ1) is 9.34. The smallest absolute Gasteiger partial charge is 0.210 e. The van der Waals surface area contributed by atoms with Gasteiger partial charge in [-0.05, 0) is 66.6 Å². The molecular formula is C13H22N5OP. The molecule has 6 nitrogen and oxygen atoms in total. The maximum Gasteiger partial charge on any atom is 0.210 e. The van der Waals surface area contributed by atoms with Crippen LogP contribution in [0, 0.1) is 11.3 Å². The fourth-order valence-corrected chi connectivity index (χ4v) is 4.77. The fraction of sp³-hybridized carbons (Fsp3) is 0.462. The lowest BCUT2D eigenvalue weighted by Gasteiger charge is -2.39. The molecule has 0 spiro atoms. The number of hydrogen-bond donors (Lipinski definition) is 0. The van der Waals surface area contributed by atoms with E-state index in [9.17, 15) is 0 Å². The predicted molar refractivity (Wildman–Crippen MR) is 82.2 cm³/mol. The van der Waals surface area contributed by atoms with Gasteiger partial charge in [0.05, 0.1) is 11.6 Å². The quantitative estimate of drug-likeness (QED) is 0.617. The van der Waals surface area contributed by atoms with Crippen molar-refractivity contribution in [3.63, 3.8) is 0 Å². The van der Waals surface area contributed by atoms with Gasteiger partial charge in [0.25, 0.3) is 0 Å². The monoisotopic (exact) mass is 295 g/mol. The summed E-state index contributed by atoms with van der Waals surface area (Å²) in [6.07, 6.45) is 0. The van der Waals surface area contributed by atoms with Gasteiger partial charge in [-0.1, -0.05) is 4.91 Å². The molecule has 0 saturated heterocycles. The van der Waals surface area contributed by atoms with Gasteiger partial charge in [-0.15, -0.1) is 0 Å². The van der Waals surface area contributed by atoms with E-state index in [4.69, 9.17) is 10.1 Å². The molecule has 0 aliphatic carbocycles. The number of hydrogen-bond acceptors (Lipinski definition) is 3. The summed E-state index contributed by atoms with van der Waals surface area (Å²) in [6, 6.07) is 9.00. The van der Waals surface area contributed by atoms with Crippen molar-refractivity contribution in [2.45, 2.75) is 0 Å². The highest BCUT2D eigenvalue weighted by Crippen LogP contribution is 2.54. The predicted octanol–water partition coefficient (Wildman–Crippen LogP) is 2.48. The first-order valence-electron chi connectivity index (χ1n) is 6.16. The Morgan fingerprint density at radius 2 is 1.40 bits per heavy atom. The number of nitriles is 1. The summed E-state index contributed by atoms with van der Waals surface area (Å²) in [5, 5.41) is 8.78. The molecule has 0 saturated carbocycles. The molecule has 0 atom stereocenters. The van der Waals surface area contributed by atoms with Gasteiger partial charge in [-0.2, -0.15) is 5.26 Å². The van der Waals surface area contributed by atoms with Crippen molar-refractivity contribution in [1.29, 1.82) is 5.26 Å². The zero-order valence-electron chi connectivity index (χ0n) is 12.9. The third-order valence-corrected chi connectivity index (χ3v) is 6.37. The zero-order valence-corrected chi connectivity index (χ0v) is 13.8. The molecule has 7 heteroatoms. The van der Waals surface area contributed by atoms with Gasteiger partial charge in [-0.3, -0.25) is 0 Å². The van der Waals surface area contributed by atoms with E-state index in [2.05, 4.69) is 25.0 Å². The second-order valence-electron chi connectivity index (χ2n) is 4.89. The minimum absolute atomic E-state index is 0.603. The highest BCUT2D eigenvalue weighted by molar-refractivity contribution is 7.58. The van der Waals surface area contributed by atoms with E-state index in [-0.39, 0.29) is 0 Å². The number of nitrogens with zero attached hydrogens (tertiary/aromatic N) is 5. The lowest BCUT2D eigenvalue weighted by atomic mass is 10.2. The molecule has 0 aliphatic heterocycles. The zero-order chi connectivity index (χ0) is 15.3. The molecule has 0 radical (unpaired) electrons. The Kier molecular flexibility index (Phi) is 5.73. The Hall–Kier alpha value is -1.38. The maximum atomic E-state index is 8.78. The second kappa shape index (κ2) is 6.87. The van der Waals surface area contributed by atoms with Crippen molar-refractivity contribution in [3.05, 3.63) is 29.8 Å². The van der Waals surface area contributed by atoms with E-state index in [1.54, 1.807) is 24.3 Å². The van der Waals surface area contributed by atoms with Gasteiger partial charge in [0, 0.05) is 0 Å². The SMILES string of the molecule is CN(C)P(=NOc1ccc(C#N)cc1)(N(C)C)N(C)C. The Bertz CT molecular complexity index is 502. The van der Waals surface area contributed by atoms with Crippen molar-refractivity contribution < 1.29 is 4.84 Å². The number of rotatable bonds is 5. The average Bonchev–Trinajstić information content (AvgIpc) is 2.38. The van der Waals surface area contributed by atoms with Gasteiger partial charge >= 0.3 is 0 Å². The van der Waals surface area contributed by atoms with Crippen molar-refractivity contribution >= 4 is 7.51 Å². The molecular weight excluding hydrogens is 273 g/mol. The molecule has 0 fully saturated rings. The van der Waals surface area contributed by atoms with Crippen molar-refractivity contribution in [1.82, 2.24) is 14.0 Å². The van der Waals surface area contributed by atoms with E-state index in [1.807, 2.05) is 42.3 Å². The lowest BCUT2D eigenvalue weighted by molar-refractivity contribution is 0.324. The summed E-state index contributed by atoms with van der Waals surface area (Å²) >= 11 is 0. The largest absolute Gasteiger partial charge is 0.355 e. The van der Waals surface area contributed by atoms with E-state index < -0.39 is 7.51 Å². The van der Waals surface area contributed by atoms with Crippen LogP contribution < -0.4 is 4.84 Å². The van der Waals surface area contributed by atoms with E-state index in [0.717, 1.165) is 0 Å². The topological polar surface area (TPSA) is 55.1 Å². The molecule has 0 unspecified atom stereocenters. The highest BCUT2D eigenvalue weighted by Gasteiger charge is 2.29. The minimum atomic E-state index is -2.06. The standard InChI is InChI=1S/C13H22N5OP/c1-16(2)20(17(3)4,18(5)6)15-19-13-9-7-12(11-14)8-10-13/h7-10H,1-6H3. The molecule has 1 aromatic carbocycles. The Labute approximate surface area is 121 Å². The van der Waals surface area contributed by atoms with Crippen LogP contribution in [0.3, 0.4) is 0 Å². The summed E-state index contributed by atoms with van der Waals surface area (Å²) in [5.41, 5.74) is 0.603. The summed E-state index contributed by atoms with van der Waals surface area (Å²) < 4.78 is 6.20. The van der Waals surface area contributed by atoms with E-state index in [1.165, 1.54) is 0 Å². The molecule has 0 aromatic heterocycles. The minimum Gasteiger partial charge on any atom is -0.355 e. The van der Waals surface area contributed by atoms with Crippen LogP contribution in [0.2, 0.25) is 0 Å². The summed E-state index contributed by atoms with van der Waals surface area (Å²) in [4.78, 5) is 10.1. The first-order valence-corrected chi connectivity index (χ1v) is 7.76. The fourth-order valence-electron chi connectivity index (χ4n) is 1.98. The number of benzene rings is 1. The third kappa shape index (κ3) is 3.38. The van der Waals surface area contributed by atoms with Gasteiger partial charge in [0.15, 0.2) is 5.75 Å². The average molecular weight is 295 g/mol. The van der Waals surface area contributed by atoms with Gasteiger partial charge in [0.2, 0.25) is 7.51 Å². The molecule has 0 heterocycles. The molecule has 0 aliphatic rings. The van der Waals surface area contributed by atoms with Crippen LogP contribution in [0.1, 0.15) is 5.56 Å². The van der Waals surface area contributed by atoms with Crippen molar-refractivity contribution in [2.75, 3.05) is 42.3 Å².